The summed E-state index contributed by atoms with van der Waals surface area (Å²) in [7, 11) is 0. The Balaban J connectivity index is 0.00000114. The van der Waals surface area contributed by atoms with Gasteiger partial charge < -0.3 is 15.2 Å². The standard InChI is InChI=1S/C22H23N3O4.C3H4/c1-3-24-25-14-17-12-16(15-8-6-5-7-9-15)10-11-18(17)21(27)20(25)22(28)23-13-19(26)29-4-2;1-3-2/h3,5-12,27H,4,13-14H2,1-2H3,(H,23,28);1H,2H3/b24-3-;. The van der Waals surface area contributed by atoms with Crippen molar-refractivity contribution in [1.82, 2.24) is 10.3 Å². The number of fused-ring (bicyclic) bond motifs is 1. The van der Waals surface area contributed by atoms with E-state index in [0.29, 0.717) is 12.1 Å². The van der Waals surface area contributed by atoms with Gasteiger partial charge >= 0.3 is 5.97 Å². The molecule has 1 aliphatic rings. The van der Waals surface area contributed by atoms with Crippen LogP contribution in [0.1, 0.15) is 31.9 Å². The van der Waals surface area contributed by atoms with Crippen LogP contribution in [-0.4, -0.2) is 41.4 Å². The monoisotopic (exact) mass is 433 g/mol. The van der Waals surface area contributed by atoms with Crippen molar-refractivity contribution in [2.45, 2.75) is 27.3 Å². The first-order chi connectivity index (χ1) is 15.5. The van der Waals surface area contributed by atoms with E-state index >= 15 is 0 Å². The van der Waals surface area contributed by atoms with Crippen LogP contribution >= 0.6 is 0 Å². The van der Waals surface area contributed by atoms with Gasteiger partial charge in [0.2, 0.25) is 0 Å². The molecule has 0 bridgehead atoms. The summed E-state index contributed by atoms with van der Waals surface area (Å²) in [6.07, 6.45) is 6.14. The number of hydrogen-bond acceptors (Lipinski definition) is 6. The Morgan fingerprint density at radius 2 is 1.94 bits per heavy atom. The molecule has 2 aromatic rings. The number of nitrogens with one attached hydrogen (secondary N) is 1. The normalized spacial score (nSPS) is 12.4. The first-order valence-electron chi connectivity index (χ1n) is 10.2. The lowest BCUT2D eigenvalue weighted by atomic mass is 9.95. The number of ether oxygens (including phenoxy) is 1. The molecular formula is C25H27N3O4. The molecule has 0 spiro atoms. The maximum Gasteiger partial charge on any atom is 0.325 e. The van der Waals surface area contributed by atoms with Crippen molar-refractivity contribution in [2.75, 3.05) is 13.2 Å². The predicted octanol–water partition coefficient (Wildman–Crippen LogP) is 3.72. The van der Waals surface area contributed by atoms with Crippen molar-refractivity contribution < 1.29 is 19.4 Å². The van der Waals surface area contributed by atoms with Gasteiger partial charge in [0.1, 0.15) is 6.54 Å². The molecule has 0 unspecified atom stereocenters. The SMILES string of the molecule is C#CC.C/C=N\N1Cc2cc(-c3ccccc3)ccc2C(O)=C1C(=O)NCC(=O)OCC. The van der Waals surface area contributed by atoms with Gasteiger partial charge in [-0.05, 0) is 43.5 Å². The van der Waals surface area contributed by atoms with Gasteiger partial charge in [0.25, 0.3) is 5.91 Å². The van der Waals surface area contributed by atoms with E-state index < -0.39 is 11.9 Å². The molecule has 7 heteroatoms. The second kappa shape index (κ2) is 12.0. The maximum atomic E-state index is 12.6. The van der Waals surface area contributed by atoms with Crippen LogP contribution < -0.4 is 5.32 Å². The van der Waals surface area contributed by atoms with Crippen molar-refractivity contribution in [3.63, 3.8) is 0 Å². The van der Waals surface area contributed by atoms with E-state index in [2.05, 4.69) is 22.8 Å². The number of hydrogen-bond donors (Lipinski definition) is 2. The molecule has 0 fully saturated rings. The molecule has 166 valence electrons. The Labute approximate surface area is 188 Å². The number of hydrazone groups is 1. The quantitative estimate of drug-likeness (QED) is 0.412. The minimum Gasteiger partial charge on any atom is -0.505 e. The van der Waals surface area contributed by atoms with Gasteiger partial charge in [0.05, 0.1) is 13.2 Å². The Kier molecular flexibility index (Phi) is 9.05. The van der Waals surface area contributed by atoms with E-state index in [0.717, 1.165) is 16.7 Å². The summed E-state index contributed by atoms with van der Waals surface area (Å²) in [6, 6.07) is 15.6. The maximum absolute atomic E-state index is 12.6. The van der Waals surface area contributed by atoms with Crippen LogP contribution in [0.4, 0.5) is 0 Å². The van der Waals surface area contributed by atoms with Crippen LogP contribution in [0.25, 0.3) is 16.9 Å². The zero-order chi connectivity index (χ0) is 23.5. The highest BCUT2D eigenvalue weighted by atomic mass is 16.5. The van der Waals surface area contributed by atoms with Crippen LogP contribution in [0.3, 0.4) is 0 Å². The van der Waals surface area contributed by atoms with Gasteiger partial charge in [0.15, 0.2) is 11.5 Å². The average molecular weight is 434 g/mol. The van der Waals surface area contributed by atoms with Crippen LogP contribution in [-0.2, 0) is 20.9 Å². The zero-order valence-electron chi connectivity index (χ0n) is 18.5. The second-order valence-corrected chi connectivity index (χ2v) is 6.64. The third-order valence-electron chi connectivity index (χ3n) is 4.44. The summed E-state index contributed by atoms with van der Waals surface area (Å²) in [6.45, 7) is 5.32. The number of terminal acetylenes is 1. The van der Waals surface area contributed by atoms with E-state index in [4.69, 9.17) is 4.74 Å². The van der Waals surface area contributed by atoms with Crippen molar-refractivity contribution in [3.8, 4) is 23.5 Å². The lowest BCUT2D eigenvalue weighted by Crippen LogP contribution is -2.38. The molecule has 0 aliphatic carbocycles. The molecule has 2 aromatic carbocycles. The number of aliphatic hydroxyl groups excluding tert-OH is 1. The van der Waals surface area contributed by atoms with E-state index in [9.17, 15) is 14.7 Å². The van der Waals surface area contributed by atoms with Crippen molar-refractivity contribution in [2.24, 2.45) is 5.10 Å². The number of nitrogens with zero attached hydrogens (tertiary/aromatic N) is 2. The van der Waals surface area contributed by atoms with Gasteiger partial charge in [-0.3, -0.25) is 14.6 Å². The molecular weight excluding hydrogens is 406 g/mol. The number of carbonyl (C=O) groups is 2. The van der Waals surface area contributed by atoms with Gasteiger partial charge in [-0.2, -0.15) is 5.10 Å². The molecule has 0 radical (unpaired) electrons. The summed E-state index contributed by atoms with van der Waals surface area (Å²) >= 11 is 0. The highest BCUT2D eigenvalue weighted by molar-refractivity contribution is 6.01. The lowest BCUT2D eigenvalue weighted by molar-refractivity contribution is -0.143. The minimum atomic E-state index is -0.598. The van der Waals surface area contributed by atoms with Gasteiger partial charge in [-0.25, -0.2) is 0 Å². The first-order valence-corrected chi connectivity index (χ1v) is 10.2. The number of esters is 1. The largest absolute Gasteiger partial charge is 0.505 e. The molecule has 0 saturated heterocycles. The van der Waals surface area contributed by atoms with Crippen LogP contribution in [0.5, 0.6) is 0 Å². The molecule has 32 heavy (non-hydrogen) atoms. The molecule has 0 aromatic heterocycles. The molecule has 1 heterocycles. The number of amides is 1. The molecule has 2 N–H and O–H groups in total. The van der Waals surface area contributed by atoms with Gasteiger partial charge in [-0.15, -0.1) is 12.3 Å². The van der Waals surface area contributed by atoms with Crippen LogP contribution in [0.2, 0.25) is 0 Å². The van der Waals surface area contributed by atoms with E-state index in [1.54, 1.807) is 26.8 Å². The second-order valence-electron chi connectivity index (χ2n) is 6.64. The average Bonchev–Trinajstić information content (AvgIpc) is 2.79. The topological polar surface area (TPSA) is 91.2 Å². The Hall–Kier alpha value is -4.05. The van der Waals surface area contributed by atoms with Gasteiger partial charge in [0, 0.05) is 11.8 Å². The van der Waals surface area contributed by atoms with Gasteiger partial charge in [-0.1, -0.05) is 42.5 Å². The number of carbonyl (C=O) groups excluding carboxylic acids is 2. The third kappa shape index (κ3) is 5.99. The zero-order valence-corrected chi connectivity index (χ0v) is 18.5. The van der Waals surface area contributed by atoms with Crippen LogP contribution in [0.15, 0.2) is 59.3 Å². The highest BCUT2D eigenvalue weighted by Gasteiger charge is 2.30. The molecule has 1 amide bonds. The minimum absolute atomic E-state index is 0.00707. The van der Waals surface area contributed by atoms with E-state index in [-0.39, 0.29) is 24.6 Å². The fourth-order valence-corrected chi connectivity index (χ4v) is 3.17. The smallest absolute Gasteiger partial charge is 0.325 e. The molecule has 0 saturated carbocycles. The Morgan fingerprint density at radius 1 is 1.25 bits per heavy atom. The fourth-order valence-electron chi connectivity index (χ4n) is 3.17. The summed E-state index contributed by atoms with van der Waals surface area (Å²) in [5.41, 5.74) is 3.47. The number of rotatable bonds is 6. The summed E-state index contributed by atoms with van der Waals surface area (Å²) in [5.74, 6) is 0.923. The molecule has 1 aliphatic heterocycles. The Bertz CT molecular complexity index is 1050. The molecule has 0 atom stereocenters. The summed E-state index contributed by atoms with van der Waals surface area (Å²) in [4.78, 5) is 24.2. The third-order valence-corrected chi connectivity index (χ3v) is 4.44. The van der Waals surface area contributed by atoms with Crippen molar-refractivity contribution in [1.29, 1.82) is 0 Å². The van der Waals surface area contributed by atoms with E-state index in [1.807, 2.05) is 42.5 Å². The Morgan fingerprint density at radius 3 is 2.56 bits per heavy atom. The highest BCUT2D eigenvalue weighted by Crippen LogP contribution is 2.33. The van der Waals surface area contributed by atoms with Crippen LogP contribution in [0, 0.1) is 12.3 Å². The number of benzene rings is 2. The van der Waals surface area contributed by atoms with E-state index in [1.165, 1.54) is 11.2 Å². The number of aliphatic hydroxyl groups is 1. The summed E-state index contributed by atoms with van der Waals surface area (Å²) in [5, 5.41) is 18.9. The summed E-state index contributed by atoms with van der Waals surface area (Å²) < 4.78 is 4.82. The first kappa shape index (κ1) is 24.2. The van der Waals surface area contributed by atoms with Crippen molar-refractivity contribution in [3.05, 3.63) is 65.4 Å². The molecule has 3 rings (SSSR count). The lowest BCUT2D eigenvalue weighted by Gasteiger charge is -2.28. The van der Waals surface area contributed by atoms with Crippen molar-refractivity contribution >= 4 is 23.9 Å². The predicted molar refractivity (Wildman–Crippen MR) is 125 cm³/mol. The fraction of sp³-hybridized carbons (Fsp3) is 0.240. The molecule has 7 nitrogen and oxygen atoms in total.